The first-order chi connectivity index (χ1) is 9.20. The number of aryl methyl sites for hydroxylation is 1. The van der Waals surface area contributed by atoms with Crippen molar-refractivity contribution < 1.29 is 4.74 Å². The van der Waals surface area contributed by atoms with E-state index in [0.717, 1.165) is 12.2 Å². The van der Waals surface area contributed by atoms with Crippen LogP contribution in [0.1, 0.15) is 10.4 Å². The number of hydrogen-bond acceptors (Lipinski definition) is 4. The fourth-order valence-electron chi connectivity index (χ4n) is 1.77. The zero-order valence-corrected chi connectivity index (χ0v) is 12.0. The van der Waals surface area contributed by atoms with E-state index >= 15 is 0 Å². The molecule has 5 heteroatoms. The molecule has 0 unspecified atom stereocenters. The summed E-state index contributed by atoms with van der Waals surface area (Å²) >= 11 is 1.74. The number of anilines is 1. The van der Waals surface area contributed by atoms with Gasteiger partial charge in [0.1, 0.15) is 0 Å². The zero-order chi connectivity index (χ0) is 13.7. The molecule has 19 heavy (non-hydrogen) atoms. The lowest BCUT2D eigenvalue weighted by atomic mass is 10.3. The topological polar surface area (TPSA) is 43.3 Å². The third-order valence-electron chi connectivity index (χ3n) is 2.94. The normalized spacial score (nSPS) is 10.6. The van der Waals surface area contributed by atoms with Gasteiger partial charge in [-0.2, -0.15) is 0 Å². The average molecular weight is 278 g/mol. The molecule has 0 saturated carbocycles. The smallest absolute Gasteiger partial charge is 0.250 e. The summed E-state index contributed by atoms with van der Waals surface area (Å²) < 4.78 is 6.66. The van der Waals surface area contributed by atoms with Gasteiger partial charge >= 0.3 is 0 Å². The lowest BCUT2D eigenvalue weighted by Gasteiger charge is -2.09. The molecule has 0 spiro atoms. The molecule has 0 amide bonds. The van der Waals surface area contributed by atoms with E-state index in [1.54, 1.807) is 29.1 Å². The molecule has 0 aromatic carbocycles. The molecule has 0 aliphatic heterocycles. The quantitative estimate of drug-likeness (QED) is 0.883. The van der Waals surface area contributed by atoms with Gasteiger partial charge in [-0.1, -0.05) is 0 Å². The van der Waals surface area contributed by atoms with Crippen molar-refractivity contribution in [2.45, 2.75) is 20.0 Å². The molecule has 0 atom stereocenters. The fraction of sp³-hybridized carbons (Fsp3) is 0.357. The van der Waals surface area contributed by atoms with Gasteiger partial charge < -0.3 is 14.6 Å². The first-order valence-corrected chi connectivity index (χ1v) is 7.05. The molecule has 102 valence electrons. The van der Waals surface area contributed by atoms with E-state index in [2.05, 4.69) is 23.7 Å². The maximum absolute atomic E-state index is 11.6. The fourth-order valence-corrected chi connectivity index (χ4v) is 2.61. The highest BCUT2D eigenvalue weighted by molar-refractivity contribution is 7.10. The maximum atomic E-state index is 11.6. The highest BCUT2D eigenvalue weighted by Gasteiger charge is 2.01. The van der Waals surface area contributed by atoms with Crippen LogP contribution >= 0.6 is 11.3 Å². The number of aromatic nitrogens is 1. The maximum Gasteiger partial charge on any atom is 0.250 e. The highest BCUT2D eigenvalue weighted by Crippen LogP contribution is 2.17. The molecule has 0 fully saturated rings. The first-order valence-electron chi connectivity index (χ1n) is 6.17. The number of rotatable bonds is 6. The Kier molecular flexibility index (Phi) is 4.76. The van der Waals surface area contributed by atoms with Crippen molar-refractivity contribution in [3.8, 4) is 0 Å². The minimum atomic E-state index is -0.00472. The van der Waals surface area contributed by atoms with Crippen LogP contribution in [0.2, 0.25) is 0 Å². The number of nitrogens with zero attached hydrogens (tertiary/aromatic N) is 1. The molecule has 0 radical (unpaired) electrons. The Labute approximate surface area is 116 Å². The second-order valence-electron chi connectivity index (χ2n) is 4.32. The van der Waals surface area contributed by atoms with Crippen molar-refractivity contribution in [2.75, 3.05) is 19.0 Å². The van der Waals surface area contributed by atoms with Crippen molar-refractivity contribution in [3.05, 3.63) is 50.6 Å². The Hall–Kier alpha value is -1.59. The summed E-state index contributed by atoms with van der Waals surface area (Å²) in [5.41, 5.74) is 2.24. The van der Waals surface area contributed by atoms with Gasteiger partial charge in [0, 0.05) is 37.3 Å². The Morgan fingerprint density at radius 2 is 2.21 bits per heavy atom. The van der Waals surface area contributed by atoms with Crippen LogP contribution < -0.4 is 10.9 Å². The van der Waals surface area contributed by atoms with Crippen LogP contribution in [-0.2, 0) is 17.8 Å². The summed E-state index contributed by atoms with van der Waals surface area (Å²) in [7, 11) is 1.63. The molecule has 2 heterocycles. The van der Waals surface area contributed by atoms with Crippen molar-refractivity contribution in [1.82, 2.24) is 4.57 Å². The predicted molar refractivity (Wildman–Crippen MR) is 79.0 cm³/mol. The van der Waals surface area contributed by atoms with E-state index in [0.29, 0.717) is 13.2 Å². The first kappa shape index (κ1) is 13.8. The molecule has 0 aliphatic carbocycles. The molecular weight excluding hydrogens is 260 g/mol. The number of nitrogens with one attached hydrogen (secondary N) is 1. The number of ether oxygens (including phenoxy) is 1. The van der Waals surface area contributed by atoms with Gasteiger partial charge in [0.05, 0.1) is 12.3 Å². The largest absolute Gasteiger partial charge is 0.383 e. The number of pyridine rings is 1. The van der Waals surface area contributed by atoms with Gasteiger partial charge in [-0.05, 0) is 30.0 Å². The summed E-state index contributed by atoms with van der Waals surface area (Å²) in [6.07, 6.45) is 1.84. The van der Waals surface area contributed by atoms with Crippen LogP contribution in [-0.4, -0.2) is 18.3 Å². The van der Waals surface area contributed by atoms with E-state index in [1.807, 2.05) is 12.3 Å². The number of thiophene rings is 1. The van der Waals surface area contributed by atoms with Crippen molar-refractivity contribution in [1.29, 1.82) is 0 Å². The van der Waals surface area contributed by atoms with E-state index in [-0.39, 0.29) is 5.56 Å². The summed E-state index contributed by atoms with van der Waals surface area (Å²) in [5.74, 6) is 0. The van der Waals surface area contributed by atoms with Gasteiger partial charge in [-0.3, -0.25) is 4.79 Å². The second-order valence-corrected chi connectivity index (χ2v) is 5.32. The van der Waals surface area contributed by atoms with Crippen LogP contribution in [0.5, 0.6) is 0 Å². The molecule has 2 aromatic rings. The summed E-state index contributed by atoms with van der Waals surface area (Å²) in [6, 6.07) is 5.51. The van der Waals surface area contributed by atoms with Crippen LogP contribution in [0.4, 0.5) is 5.69 Å². The second kappa shape index (κ2) is 6.54. The van der Waals surface area contributed by atoms with Gasteiger partial charge in [0.2, 0.25) is 0 Å². The third kappa shape index (κ3) is 3.68. The summed E-state index contributed by atoms with van der Waals surface area (Å²) in [6.45, 7) is 4.00. The molecule has 2 rings (SSSR count). The van der Waals surface area contributed by atoms with Crippen molar-refractivity contribution in [3.63, 3.8) is 0 Å². The van der Waals surface area contributed by atoms with Gasteiger partial charge in [0.25, 0.3) is 5.56 Å². The Bertz CT molecular complexity index is 589. The standard InChI is InChI=1S/C14H18N2O2S/c1-11-5-8-19-13(11)9-15-12-3-4-14(17)16(10-12)6-7-18-2/h3-5,8,10,15H,6-7,9H2,1-2H3. The molecular formula is C14H18N2O2S. The molecule has 2 aromatic heterocycles. The van der Waals surface area contributed by atoms with Crippen molar-refractivity contribution in [2.24, 2.45) is 0 Å². The highest BCUT2D eigenvalue weighted by atomic mass is 32.1. The van der Waals surface area contributed by atoms with E-state index < -0.39 is 0 Å². The predicted octanol–water partition coefficient (Wildman–Crippen LogP) is 2.48. The van der Waals surface area contributed by atoms with E-state index in [4.69, 9.17) is 4.74 Å². The lowest BCUT2D eigenvalue weighted by Crippen LogP contribution is -2.21. The van der Waals surface area contributed by atoms with Crippen LogP contribution in [0, 0.1) is 6.92 Å². The zero-order valence-electron chi connectivity index (χ0n) is 11.2. The lowest BCUT2D eigenvalue weighted by molar-refractivity contribution is 0.186. The number of hydrogen-bond donors (Lipinski definition) is 1. The van der Waals surface area contributed by atoms with E-state index in [1.165, 1.54) is 10.4 Å². The van der Waals surface area contributed by atoms with Crippen LogP contribution in [0.3, 0.4) is 0 Å². The minimum absolute atomic E-state index is 0.00472. The van der Waals surface area contributed by atoms with Crippen molar-refractivity contribution >= 4 is 17.0 Å². The Morgan fingerprint density at radius 3 is 2.89 bits per heavy atom. The summed E-state index contributed by atoms with van der Waals surface area (Å²) in [5, 5.41) is 5.43. The van der Waals surface area contributed by atoms with Gasteiger partial charge in [-0.15, -0.1) is 11.3 Å². The minimum Gasteiger partial charge on any atom is -0.383 e. The Morgan fingerprint density at radius 1 is 1.37 bits per heavy atom. The SMILES string of the molecule is COCCn1cc(NCc2sccc2C)ccc1=O. The van der Waals surface area contributed by atoms with Crippen LogP contribution in [0.15, 0.2) is 34.6 Å². The molecule has 0 aliphatic rings. The molecule has 4 nitrogen and oxygen atoms in total. The third-order valence-corrected chi connectivity index (χ3v) is 3.96. The average Bonchev–Trinajstić information content (AvgIpc) is 2.82. The van der Waals surface area contributed by atoms with Crippen LogP contribution in [0.25, 0.3) is 0 Å². The van der Waals surface area contributed by atoms with Gasteiger partial charge in [0.15, 0.2) is 0 Å². The summed E-state index contributed by atoms with van der Waals surface area (Å²) in [4.78, 5) is 13.0. The monoisotopic (exact) mass is 278 g/mol. The molecule has 0 saturated heterocycles. The Balaban J connectivity index is 2.04. The number of methoxy groups -OCH3 is 1. The molecule has 0 bridgehead atoms. The van der Waals surface area contributed by atoms with Gasteiger partial charge in [-0.25, -0.2) is 0 Å². The van der Waals surface area contributed by atoms with E-state index in [9.17, 15) is 4.79 Å². The molecule has 1 N–H and O–H groups in total.